The maximum absolute atomic E-state index is 13.2. The van der Waals surface area contributed by atoms with Gasteiger partial charge in [0.05, 0.1) is 0 Å². The summed E-state index contributed by atoms with van der Waals surface area (Å²) in [6.07, 6.45) is 0.911. The van der Waals surface area contributed by atoms with Crippen LogP contribution in [0.15, 0.2) is 0 Å². The van der Waals surface area contributed by atoms with Gasteiger partial charge in [0.15, 0.2) is 0 Å². The van der Waals surface area contributed by atoms with E-state index in [0.717, 1.165) is 39.0 Å². The van der Waals surface area contributed by atoms with Gasteiger partial charge in [-0.3, -0.25) is 4.90 Å². The highest BCUT2D eigenvalue weighted by Gasteiger charge is 2.41. The molecule has 140 valence electrons. The summed E-state index contributed by atoms with van der Waals surface area (Å²) in [6.45, 7) is 5.02. The van der Waals surface area contributed by atoms with Gasteiger partial charge in [0.2, 0.25) is 0 Å². The van der Waals surface area contributed by atoms with Gasteiger partial charge in [-0.05, 0) is 19.9 Å². The first kappa shape index (κ1) is 18.4. The van der Waals surface area contributed by atoms with Crippen LogP contribution < -0.4 is 0 Å². The Labute approximate surface area is 143 Å². The Morgan fingerprint density at radius 3 is 1.88 bits per heavy atom. The third-order valence-electron chi connectivity index (χ3n) is 5.58. The third-order valence-corrected chi connectivity index (χ3v) is 7.62. The molecule has 24 heavy (non-hydrogen) atoms. The summed E-state index contributed by atoms with van der Waals surface area (Å²) in [5.41, 5.74) is 0. The van der Waals surface area contributed by atoms with Crippen LogP contribution in [0.4, 0.5) is 8.78 Å². The van der Waals surface area contributed by atoms with E-state index in [0.29, 0.717) is 19.1 Å². The topological polar surface area (TPSA) is 47.1 Å². The summed E-state index contributed by atoms with van der Waals surface area (Å²) in [5.74, 6) is -2.72. The predicted octanol–water partition coefficient (Wildman–Crippen LogP) is 0.674. The van der Waals surface area contributed by atoms with Gasteiger partial charge in [0.25, 0.3) is 16.1 Å². The number of rotatable bonds is 3. The molecule has 0 spiro atoms. The van der Waals surface area contributed by atoms with E-state index in [2.05, 4.69) is 16.8 Å². The zero-order valence-electron chi connectivity index (χ0n) is 14.3. The van der Waals surface area contributed by atoms with Crippen molar-refractivity contribution in [3.05, 3.63) is 0 Å². The van der Waals surface area contributed by atoms with Crippen LogP contribution in [0.3, 0.4) is 0 Å². The third kappa shape index (κ3) is 4.07. The number of hydrogen-bond acceptors (Lipinski definition) is 4. The van der Waals surface area contributed by atoms with Crippen molar-refractivity contribution in [1.82, 2.24) is 18.4 Å². The lowest BCUT2D eigenvalue weighted by atomic mass is 10.0. The van der Waals surface area contributed by atoms with E-state index in [9.17, 15) is 17.2 Å². The maximum atomic E-state index is 13.2. The lowest BCUT2D eigenvalue weighted by molar-refractivity contribution is -0.0421. The molecule has 0 aromatic heterocycles. The Hall–Kier alpha value is -0.350. The minimum atomic E-state index is -3.59. The normalized spacial score (nSPS) is 29.8. The van der Waals surface area contributed by atoms with Crippen molar-refractivity contribution in [2.24, 2.45) is 0 Å². The van der Waals surface area contributed by atoms with Gasteiger partial charge < -0.3 is 4.90 Å². The molecule has 0 aliphatic carbocycles. The number of piperidine rings is 2. The van der Waals surface area contributed by atoms with Gasteiger partial charge in [0.1, 0.15) is 0 Å². The summed E-state index contributed by atoms with van der Waals surface area (Å²) in [7, 11) is -1.47. The second-order valence-corrected chi connectivity index (χ2v) is 9.16. The quantitative estimate of drug-likeness (QED) is 0.737. The summed E-state index contributed by atoms with van der Waals surface area (Å²) in [5, 5.41) is 0. The monoisotopic (exact) mass is 366 g/mol. The number of halogens is 2. The van der Waals surface area contributed by atoms with E-state index in [1.165, 1.54) is 8.61 Å². The van der Waals surface area contributed by atoms with Crippen molar-refractivity contribution in [2.45, 2.75) is 37.6 Å². The average Bonchev–Trinajstić information content (AvgIpc) is 2.55. The Bertz CT molecular complexity index is 520. The fourth-order valence-electron chi connectivity index (χ4n) is 3.83. The summed E-state index contributed by atoms with van der Waals surface area (Å²) in [6, 6.07) is 0.441. The molecule has 3 rings (SSSR count). The average molecular weight is 366 g/mol. The summed E-state index contributed by atoms with van der Waals surface area (Å²) < 4.78 is 54.6. The Morgan fingerprint density at radius 2 is 1.33 bits per heavy atom. The molecule has 9 heteroatoms. The molecule has 3 aliphatic rings. The van der Waals surface area contributed by atoms with E-state index in [4.69, 9.17) is 0 Å². The lowest BCUT2D eigenvalue weighted by Gasteiger charge is -2.43. The van der Waals surface area contributed by atoms with E-state index in [-0.39, 0.29) is 25.9 Å². The molecular weight excluding hydrogens is 338 g/mol. The molecule has 0 aromatic rings. The van der Waals surface area contributed by atoms with Gasteiger partial charge in [0, 0.05) is 71.2 Å². The molecule has 6 nitrogen and oxygen atoms in total. The molecule has 0 amide bonds. The van der Waals surface area contributed by atoms with Gasteiger partial charge in [-0.25, -0.2) is 8.78 Å². The molecule has 0 unspecified atom stereocenters. The van der Waals surface area contributed by atoms with Crippen molar-refractivity contribution in [1.29, 1.82) is 0 Å². The zero-order valence-corrected chi connectivity index (χ0v) is 15.1. The molecule has 0 aromatic carbocycles. The molecule has 0 atom stereocenters. The van der Waals surface area contributed by atoms with Gasteiger partial charge in [-0.2, -0.15) is 17.0 Å². The van der Waals surface area contributed by atoms with Gasteiger partial charge >= 0.3 is 0 Å². The minimum Gasteiger partial charge on any atom is -0.304 e. The fraction of sp³-hybridized carbons (Fsp3) is 1.00. The zero-order chi connectivity index (χ0) is 17.4. The lowest BCUT2D eigenvalue weighted by Crippen LogP contribution is -2.55. The van der Waals surface area contributed by atoms with Crippen LogP contribution in [0.2, 0.25) is 0 Å². The summed E-state index contributed by atoms with van der Waals surface area (Å²) in [4.78, 5) is 4.77. The molecule has 3 fully saturated rings. The minimum absolute atomic E-state index is 0.0757. The predicted molar refractivity (Wildman–Crippen MR) is 88.3 cm³/mol. The summed E-state index contributed by atoms with van der Waals surface area (Å²) >= 11 is 0. The molecule has 0 saturated carbocycles. The Balaban J connectivity index is 1.52. The van der Waals surface area contributed by atoms with E-state index >= 15 is 0 Å². The van der Waals surface area contributed by atoms with Crippen molar-refractivity contribution < 1.29 is 17.2 Å². The number of piperazine rings is 1. The number of likely N-dealkylation sites (N-methyl/N-ethyl adjacent to an activating group) is 1. The first-order chi connectivity index (χ1) is 11.3. The molecule has 0 radical (unpaired) electrons. The van der Waals surface area contributed by atoms with Crippen LogP contribution in [-0.2, 0) is 10.2 Å². The van der Waals surface area contributed by atoms with Crippen LogP contribution in [0.25, 0.3) is 0 Å². The van der Waals surface area contributed by atoms with Crippen LogP contribution in [0.5, 0.6) is 0 Å². The molecule has 0 bridgehead atoms. The van der Waals surface area contributed by atoms with Crippen LogP contribution in [-0.4, -0.2) is 98.2 Å². The van der Waals surface area contributed by atoms with Crippen molar-refractivity contribution in [3.8, 4) is 0 Å². The molecule has 0 N–H and O–H groups in total. The van der Waals surface area contributed by atoms with Crippen LogP contribution in [0, 0.1) is 0 Å². The highest BCUT2D eigenvalue weighted by atomic mass is 32.2. The standard InChI is InChI=1S/C15H28F2N4O2S/c1-18-10-12-19(13-11-18)14-2-6-20(7-3-14)24(22,23)21-8-4-15(16,17)5-9-21/h14H,2-13H2,1H3. The molecule has 3 aliphatic heterocycles. The molecule has 3 saturated heterocycles. The van der Waals surface area contributed by atoms with Crippen LogP contribution in [0.1, 0.15) is 25.7 Å². The second kappa shape index (κ2) is 7.11. The first-order valence-electron chi connectivity index (χ1n) is 8.84. The molecule has 3 heterocycles. The highest BCUT2D eigenvalue weighted by Crippen LogP contribution is 2.30. The Morgan fingerprint density at radius 1 is 0.833 bits per heavy atom. The smallest absolute Gasteiger partial charge is 0.281 e. The first-order valence-corrected chi connectivity index (χ1v) is 10.2. The highest BCUT2D eigenvalue weighted by molar-refractivity contribution is 7.86. The van der Waals surface area contributed by atoms with E-state index in [1.807, 2.05) is 0 Å². The maximum Gasteiger partial charge on any atom is 0.281 e. The second-order valence-electron chi connectivity index (χ2n) is 7.23. The number of hydrogen-bond donors (Lipinski definition) is 0. The van der Waals surface area contributed by atoms with E-state index in [1.54, 1.807) is 0 Å². The van der Waals surface area contributed by atoms with Crippen molar-refractivity contribution in [3.63, 3.8) is 0 Å². The van der Waals surface area contributed by atoms with Gasteiger partial charge in [-0.1, -0.05) is 0 Å². The van der Waals surface area contributed by atoms with E-state index < -0.39 is 16.1 Å². The molecular formula is C15H28F2N4O2S. The fourth-order valence-corrected chi connectivity index (χ4v) is 5.48. The van der Waals surface area contributed by atoms with Gasteiger partial charge in [-0.15, -0.1) is 0 Å². The number of nitrogens with zero attached hydrogens (tertiary/aromatic N) is 4. The van der Waals surface area contributed by atoms with Crippen molar-refractivity contribution in [2.75, 3.05) is 59.4 Å². The van der Waals surface area contributed by atoms with Crippen molar-refractivity contribution >= 4 is 10.2 Å². The SMILES string of the molecule is CN1CCN(C2CCN(S(=O)(=O)N3CCC(F)(F)CC3)CC2)CC1. The number of alkyl halides is 2. The van der Waals surface area contributed by atoms with Crippen LogP contribution >= 0.6 is 0 Å². The largest absolute Gasteiger partial charge is 0.304 e. The Kier molecular flexibility index (Phi) is 5.46.